The van der Waals surface area contributed by atoms with Crippen LogP contribution < -0.4 is 5.32 Å². The molecule has 0 radical (unpaired) electrons. The highest BCUT2D eigenvalue weighted by molar-refractivity contribution is 5.14. The van der Waals surface area contributed by atoms with Crippen molar-refractivity contribution in [1.29, 1.82) is 0 Å². The van der Waals surface area contributed by atoms with Crippen LogP contribution in [0.5, 0.6) is 0 Å². The molecule has 0 amide bonds. The minimum absolute atomic E-state index is 0.174. The van der Waals surface area contributed by atoms with Gasteiger partial charge in [0.25, 0.3) is 0 Å². The van der Waals surface area contributed by atoms with E-state index in [1.54, 1.807) is 0 Å². The third-order valence-electron chi connectivity index (χ3n) is 2.56. The Bertz CT molecular complexity index is 296. The van der Waals surface area contributed by atoms with Crippen molar-refractivity contribution in [3.05, 3.63) is 17.5 Å². The van der Waals surface area contributed by atoms with E-state index in [1.807, 2.05) is 31.8 Å². The van der Waals surface area contributed by atoms with Gasteiger partial charge in [0.15, 0.2) is 0 Å². The van der Waals surface area contributed by atoms with Gasteiger partial charge in [-0.2, -0.15) is 5.10 Å². The molecule has 86 valence electrons. The van der Waals surface area contributed by atoms with Crippen LogP contribution in [-0.2, 0) is 13.6 Å². The second-order valence-corrected chi connectivity index (χ2v) is 3.94. The lowest BCUT2D eigenvalue weighted by molar-refractivity contribution is 0.159. The standard InChI is InChI=1S/C11H21N3O/c1-4-11(15)5-6-12-7-10-8-14(3)13-9(10)2/h8,11-12,15H,4-7H2,1-3H3. The van der Waals surface area contributed by atoms with E-state index in [9.17, 15) is 5.11 Å². The zero-order valence-electron chi connectivity index (χ0n) is 9.82. The number of hydrogen-bond donors (Lipinski definition) is 2. The third-order valence-corrected chi connectivity index (χ3v) is 2.56. The predicted molar refractivity (Wildman–Crippen MR) is 60.6 cm³/mol. The van der Waals surface area contributed by atoms with Crippen LogP contribution in [0.15, 0.2) is 6.20 Å². The summed E-state index contributed by atoms with van der Waals surface area (Å²) in [6.07, 6.45) is 3.50. The van der Waals surface area contributed by atoms with Gasteiger partial charge in [-0.15, -0.1) is 0 Å². The maximum absolute atomic E-state index is 9.36. The quantitative estimate of drug-likeness (QED) is 0.690. The Kier molecular flexibility index (Phi) is 4.78. The lowest BCUT2D eigenvalue weighted by Crippen LogP contribution is -2.19. The average molecular weight is 211 g/mol. The summed E-state index contributed by atoms with van der Waals surface area (Å²) in [5.41, 5.74) is 2.30. The Morgan fingerprint density at radius 2 is 2.33 bits per heavy atom. The number of nitrogens with one attached hydrogen (secondary N) is 1. The molecule has 0 aliphatic heterocycles. The second-order valence-electron chi connectivity index (χ2n) is 3.94. The van der Waals surface area contributed by atoms with Gasteiger partial charge in [0.1, 0.15) is 0 Å². The smallest absolute Gasteiger partial charge is 0.0638 e. The summed E-state index contributed by atoms with van der Waals surface area (Å²) < 4.78 is 1.83. The molecule has 1 atom stereocenters. The number of nitrogens with zero attached hydrogens (tertiary/aromatic N) is 2. The molecule has 0 aliphatic rings. The second kappa shape index (κ2) is 5.88. The molecule has 0 aliphatic carbocycles. The lowest BCUT2D eigenvalue weighted by atomic mass is 10.2. The summed E-state index contributed by atoms with van der Waals surface area (Å²) in [6, 6.07) is 0. The van der Waals surface area contributed by atoms with Gasteiger partial charge in [0.05, 0.1) is 11.8 Å². The van der Waals surface area contributed by atoms with E-state index in [0.29, 0.717) is 0 Å². The van der Waals surface area contributed by atoms with E-state index in [1.165, 1.54) is 5.56 Å². The fourth-order valence-electron chi connectivity index (χ4n) is 1.52. The van der Waals surface area contributed by atoms with Crippen LogP contribution in [0.2, 0.25) is 0 Å². The van der Waals surface area contributed by atoms with Crippen molar-refractivity contribution in [2.75, 3.05) is 6.54 Å². The van der Waals surface area contributed by atoms with Gasteiger partial charge >= 0.3 is 0 Å². The Labute approximate surface area is 91.3 Å². The molecule has 1 aromatic rings. The van der Waals surface area contributed by atoms with Crippen LogP contribution in [0.25, 0.3) is 0 Å². The van der Waals surface area contributed by atoms with E-state index in [-0.39, 0.29) is 6.10 Å². The Morgan fingerprint density at radius 1 is 1.60 bits per heavy atom. The van der Waals surface area contributed by atoms with Gasteiger partial charge in [-0.25, -0.2) is 0 Å². The fraction of sp³-hybridized carbons (Fsp3) is 0.727. The van der Waals surface area contributed by atoms with Gasteiger partial charge in [-0.05, 0) is 26.3 Å². The fourth-order valence-corrected chi connectivity index (χ4v) is 1.52. The molecule has 0 saturated carbocycles. The molecule has 0 fully saturated rings. The number of rotatable bonds is 6. The lowest BCUT2D eigenvalue weighted by Gasteiger charge is -2.08. The number of aliphatic hydroxyl groups is 1. The molecular formula is C11H21N3O. The van der Waals surface area contributed by atoms with Gasteiger partial charge < -0.3 is 10.4 Å². The maximum atomic E-state index is 9.36. The minimum Gasteiger partial charge on any atom is -0.393 e. The molecule has 0 bridgehead atoms. The third kappa shape index (κ3) is 4.01. The van der Waals surface area contributed by atoms with Gasteiger partial charge in [-0.3, -0.25) is 4.68 Å². The van der Waals surface area contributed by atoms with Crippen LogP contribution in [0.3, 0.4) is 0 Å². The Morgan fingerprint density at radius 3 is 2.87 bits per heavy atom. The molecular weight excluding hydrogens is 190 g/mol. The van der Waals surface area contributed by atoms with Crippen molar-refractivity contribution in [2.24, 2.45) is 7.05 Å². The zero-order chi connectivity index (χ0) is 11.3. The number of hydrogen-bond acceptors (Lipinski definition) is 3. The van der Waals surface area contributed by atoms with Crippen molar-refractivity contribution < 1.29 is 5.11 Å². The highest BCUT2D eigenvalue weighted by atomic mass is 16.3. The molecule has 15 heavy (non-hydrogen) atoms. The molecule has 1 rings (SSSR count). The molecule has 4 heteroatoms. The van der Waals surface area contributed by atoms with E-state index in [4.69, 9.17) is 0 Å². The zero-order valence-corrected chi connectivity index (χ0v) is 9.82. The van der Waals surface area contributed by atoms with Crippen molar-refractivity contribution in [2.45, 2.75) is 39.3 Å². The van der Waals surface area contributed by atoms with Crippen LogP contribution in [0.1, 0.15) is 31.0 Å². The summed E-state index contributed by atoms with van der Waals surface area (Å²) in [7, 11) is 1.93. The molecule has 0 aromatic carbocycles. The first-order valence-electron chi connectivity index (χ1n) is 5.51. The number of aliphatic hydroxyl groups excluding tert-OH is 1. The van der Waals surface area contributed by atoms with E-state index in [2.05, 4.69) is 10.4 Å². The minimum atomic E-state index is -0.174. The van der Waals surface area contributed by atoms with E-state index in [0.717, 1.165) is 31.6 Å². The van der Waals surface area contributed by atoms with Crippen LogP contribution in [0.4, 0.5) is 0 Å². The van der Waals surface area contributed by atoms with Gasteiger partial charge in [0.2, 0.25) is 0 Å². The largest absolute Gasteiger partial charge is 0.393 e. The van der Waals surface area contributed by atoms with Crippen LogP contribution >= 0.6 is 0 Å². The normalized spacial score (nSPS) is 13.1. The van der Waals surface area contributed by atoms with Crippen LogP contribution in [0, 0.1) is 6.92 Å². The molecule has 2 N–H and O–H groups in total. The first-order chi connectivity index (χ1) is 7.13. The summed E-state index contributed by atoms with van der Waals surface area (Å²) in [4.78, 5) is 0. The van der Waals surface area contributed by atoms with Gasteiger partial charge in [-0.1, -0.05) is 6.92 Å². The number of aryl methyl sites for hydroxylation is 2. The highest BCUT2D eigenvalue weighted by Gasteiger charge is 2.03. The topological polar surface area (TPSA) is 50.1 Å². The maximum Gasteiger partial charge on any atom is 0.0638 e. The average Bonchev–Trinajstić information content (AvgIpc) is 2.52. The van der Waals surface area contributed by atoms with Gasteiger partial charge in [0, 0.05) is 25.4 Å². The molecule has 1 aromatic heterocycles. The van der Waals surface area contributed by atoms with E-state index < -0.39 is 0 Å². The van der Waals surface area contributed by atoms with Crippen molar-refractivity contribution in [3.63, 3.8) is 0 Å². The molecule has 1 unspecified atom stereocenters. The monoisotopic (exact) mass is 211 g/mol. The van der Waals surface area contributed by atoms with Crippen molar-refractivity contribution in [1.82, 2.24) is 15.1 Å². The summed E-state index contributed by atoms with van der Waals surface area (Å²) in [5, 5.41) is 16.9. The summed E-state index contributed by atoms with van der Waals surface area (Å²) in [5.74, 6) is 0. The van der Waals surface area contributed by atoms with Crippen molar-refractivity contribution >= 4 is 0 Å². The van der Waals surface area contributed by atoms with Crippen LogP contribution in [-0.4, -0.2) is 27.5 Å². The molecule has 0 spiro atoms. The summed E-state index contributed by atoms with van der Waals surface area (Å²) >= 11 is 0. The Balaban J connectivity index is 2.23. The van der Waals surface area contributed by atoms with E-state index >= 15 is 0 Å². The molecule has 1 heterocycles. The highest BCUT2D eigenvalue weighted by Crippen LogP contribution is 2.03. The summed E-state index contributed by atoms with van der Waals surface area (Å²) in [6.45, 7) is 5.69. The number of aromatic nitrogens is 2. The SMILES string of the molecule is CCC(O)CCNCc1cn(C)nc1C. The first kappa shape index (κ1) is 12.2. The molecule has 0 saturated heterocycles. The predicted octanol–water partition coefficient (Wildman–Crippen LogP) is 0.979. The Hall–Kier alpha value is -0.870. The first-order valence-corrected chi connectivity index (χ1v) is 5.51. The molecule has 4 nitrogen and oxygen atoms in total. The van der Waals surface area contributed by atoms with Crippen molar-refractivity contribution in [3.8, 4) is 0 Å².